The Bertz CT molecular complexity index is 974. The van der Waals surface area contributed by atoms with Gasteiger partial charge in [0.1, 0.15) is 0 Å². The van der Waals surface area contributed by atoms with Crippen molar-refractivity contribution in [3.05, 3.63) is 80.3 Å². The van der Waals surface area contributed by atoms with Gasteiger partial charge in [-0.25, -0.2) is 9.98 Å². The average molecular weight is 406 g/mol. The van der Waals surface area contributed by atoms with Crippen molar-refractivity contribution < 1.29 is 0 Å². The smallest absolute Gasteiger partial charge is 0.0968 e. The van der Waals surface area contributed by atoms with Crippen LogP contribution in [0.3, 0.4) is 0 Å². The Balaban J connectivity index is 0.000000220. The van der Waals surface area contributed by atoms with E-state index in [-0.39, 0.29) is 0 Å². The number of rotatable bonds is 5. The molecule has 0 radical (unpaired) electrons. The number of nitrogens with zero attached hydrogens (tertiary/aromatic N) is 3. The molecule has 1 aromatic heterocycles. The van der Waals surface area contributed by atoms with Crippen LogP contribution in [0.4, 0.5) is 5.69 Å². The molecule has 0 spiro atoms. The molecule has 0 saturated heterocycles. The Hall–Kier alpha value is -2.46. The molecule has 0 saturated carbocycles. The molecule has 0 unspecified atom stereocenters. The summed E-state index contributed by atoms with van der Waals surface area (Å²) in [5.74, 6) is 0. The lowest BCUT2D eigenvalue weighted by molar-refractivity contribution is 0.552. The number of aliphatic imine (C=N–C) groups is 1. The lowest BCUT2D eigenvalue weighted by Crippen LogP contribution is -2.14. The molecule has 2 aromatic carbocycles. The van der Waals surface area contributed by atoms with Crippen molar-refractivity contribution in [1.29, 1.82) is 0 Å². The molecule has 4 heteroatoms. The van der Waals surface area contributed by atoms with E-state index in [0.29, 0.717) is 0 Å². The summed E-state index contributed by atoms with van der Waals surface area (Å²) in [5, 5.41) is 3.19. The van der Waals surface area contributed by atoms with E-state index < -0.39 is 0 Å². The van der Waals surface area contributed by atoms with Gasteiger partial charge in [-0.15, -0.1) is 11.3 Å². The fraction of sp³-hybridized carbons (Fsp3) is 0.360. The molecule has 4 rings (SSSR count). The van der Waals surface area contributed by atoms with Gasteiger partial charge in [0.05, 0.1) is 17.0 Å². The number of hydrogen-bond acceptors (Lipinski definition) is 3. The van der Waals surface area contributed by atoms with Gasteiger partial charge < -0.3 is 4.90 Å². The molecular weight excluding hydrogens is 374 g/mol. The van der Waals surface area contributed by atoms with E-state index in [2.05, 4.69) is 72.9 Å². The molecule has 0 atom stereocenters. The third-order valence-electron chi connectivity index (χ3n) is 5.40. The van der Waals surface area contributed by atoms with Gasteiger partial charge in [-0.1, -0.05) is 29.8 Å². The highest BCUT2D eigenvalue weighted by molar-refractivity contribution is 7.09. The van der Waals surface area contributed by atoms with E-state index >= 15 is 0 Å². The third kappa shape index (κ3) is 5.77. The van der Waals surface area contributed by atoms with Crippen LogP contribution in [-0.2, 0) is 19.3 Å². The summed E-state index contributed by atoms with van der Waals surface area (Å²) in [7, 11) is 2.03. The monoisotopic (exact) mass is 405 g/mol. The topological polar surface area (TPSA) is 28.5 Å². The maximum absolute atomic E-state index is 4.56. The van der Waals surface area contributed by atoms with Crippen LogP contribution in [0, 0.1) is 20.8 Å². The van der Waals surface area contributed by atoms with Gasteiger partial charge in [-0.2, -0.15) is 0 Å². The second kappa shape index (κ2) is 9.84. The highest BCUT2D eigenvalue weighted by Gasteiger charge is 2.10. The van der Waals surface area contributed by atoms with Crippen LogP contribution < -0.4 is 0 Å². The summed E-state index contributed by atoms with van der Waals surface area (Å²) in [6, 6.07) is 11.1. The Morgan fingerprint density at radius 1 is 1.07 bits per heavy atom. The van der Waals surface area contributed by atoms with Gasteiger partial charge in [0, 0.05) is 31.6 Å². The largest absolute Gasteiger partial charge is 0.366 e. The summed E-state index contributed by atoms with van der Waals surface area (Å²) in [5.41, 5.74) is 9.38. The maximum Gasteiger partial charge on any atom is 0.0968 e. The molecule has 29 heavy (non-hydrogen) atoms. The fourth-order valence-electron chi connectivity index (χ4n) is 3.26. The second-order valence-corrected chi connectivity index (χ2v) is 8.74. The first-order valence-electron chi connectivity index (χ1n) is 10.3. The first kappa shape index (κ1) is 21.3. The number of benzene rings is 2. The zero-order valence-electron chi connectivity index (χ0n) is 18.2. The molecule has 152 valence electrons. The van der Waals surface area contributed by atoms with Crippen molar-refractivity contribution in [3.63, 3.8) is 0 Å². The normalized spacial score (nSPS) is 12.2. The van der Waals surface area contributed by atoms with Gasteiger partial charge >= 0.3 is 0 Å². The van der Waals surface area contributed by atoms with Crippen molar-refractivity contribution in [1.82, 2.24) is 9.88 Å². The van der Waals surface area contributed by atoms with Crippen LogP contribution in [0.1, 0.15) is 45.3 Å². The molecule has 0 aliphatic heterocycles. The summed E-state index contributed by atoms with van der Waals surface area (Å²) in [6.07, 6.45) is 7.26. The Morgan fingerprint density at radius 2 is 1.86 bits per heavy atom. The number of aryl methyl sites for hydroxylation is 5. The van der Waals surface area contributed by atoms with Gasteiger partial charge in [0.15, 0.2) is 0 Å². The SMILES string of the molecule is CCN(C)C=Nc1cc(C)c(Cc2nccs2)cc1C.Cc1ccc2c(c1)CC2. The van der Waals surface area contributed by atoms with Crippen LogP contribution in [0.15, 0.2) is 46.9 Å². The van der Waals surface area contributed by atoms with E-state index in [1.54, 1.807) is 22.5 Å². The van der Waals surface area contributed by atoms with E-state index in [0.717, 1.165) is 23.7 Å². The predicted octanol–water partition coefficient (Wildman–Crippen LogP) is 6.06. The van der Waals surface area contributed by atoms with Gasteiger partial charge in [-0.3, -0.25) is 0 Å². The summed E-state index contributed by atoms with van der Waals surface area (Å²) in [4.78, 5) is 11.0. The van der Waals surface area contributed by atoms with Gasteiger partial charge in [0.2, 0.25) is 0 Å². The van der Waals surface area contributed by atoms with Crippen molar-refractivity contribution >= 4 is 23.4 Å². The zero-order valence-corrected chi connectivity index (χ0v) is 19.0. The molecule has 0 bridgehead atoms. The minimum Gasteiger partial charge on any atom is -0.366 e. The van der Waals surface area contributed by atoms with Crippen LogP contribution in [0.2, 0.25) is 0 Å². The van der Waals surface area contributed by atoms with Gasteiger partial charge in [0.25, 0.3) is 0 Å². The maximum atomic E-state index is 4.56. The van der Waals surface area contributed by atoms with Crippen LogP contribution in [0.25, 0.3) is 0 Å². The molecule has 3 aromatic rings. The molecule has 1 aliphatic carbocycles. The van der Waals surface area contributed by atoms with Crippen molar-refractivity contribution in [3.8, 4) is 0 Å². The number of aromatic nitrogens is 1. The molecule has 0 N–H and O–H groups in total. The lowest BCUT2D eigenvalue weighted by Gasteiger charge is -2.18. The molecule has 1 aliphatic rings. The van der Waals surface area contributed by atoms with E-state index in [1.807, 2.05) is 25.0 Å². The quantitative estimate of drug-likeness (QED) is 0.381. The number of thiazole rings is 1. The minimum atomic E-state index is 0.906. The molecular formula is C25H31N3S. The lowest BCUT2D eigenvalue weighted by atomic mass is 9.88. The first-order valence-corrected chi connectivity index (χ1v) is 11.2. The van der Waals surface area contributed by atoms with Crippen molar-refractivity contribution in [2.75, 3.05) is 13.6 Å². The summed E-state index contributed by atoms with van der Waals surface area (Å²) in [6.45, 7) is 9.48. The Kier molecular flexibility index (Phi) is 7.21. The highest BCUT2D eigenvalue weighted by atomic mass is 32.1. The number of hydrogen-bond donors (Lipinski definition) is 0. The first-order chi connectivity index (χ1) is 14.0. The van der Waals surface area contributed by atoms with Gasteiger partial charge in [-0.05, 0) is 74.4 Å². The third-order valence-corrected chi connectivity index (χ3v) is 6.18. The van der Waals surface area contributed by atoms with E-state index in [9.17, 15) is 0 Å². The second-order valence-electron chi connectivity index (χ2n) is 7.76. The predicted molar refractivity (Wildman–Crippen MR) is 126 cm³/mol. The van der Waals surface area contributed by atoms with Crippen LogP contribution in [0.5, 0.6) is 0 Å². The van der Waals surface area contributed by atoms with Crippen LogP contribution >= 0.6 is 11.3 Å². The van der Waals surface area contributed by atoms with E-state index in [1.165, 1.54) is 35.1 Å². The van der Waals surface area contributed by atoms with E-state index in [4.69, 9.17) is 0 Å². The summed E-state index contributed by atoms with van der Waals surface area (Å²) < 4.78 is 0. The number of fused-ring (bicyclic) bond motifs is 1. The highest BCUT2D eigenvalue weighted by Crippen LogP contribution is 2.25. The molecule has 0 amide bonds. The molecule has 3 nitrogen and oxygen atoms in total. The molecule has 1 heterocycles. The molecule has 0 fully saturated rings. The van der Waals surface area contributed by atoms with Crippen molar-refractivity contribution in [2.45, 2.75) is 47.0 Å². The van der Waals surface area contributed by atoms with Crippen LogP contribution in [-0.4, -0.2) is 29.8 Å². The standard InChI is InChI=1S/C16H21N3S.C9H10/c1-5-19(4)11-18-15-9-12(2)14(8-13(15)3)10-16-17-6-7-20-16;1-7-2-3-8-4-5-9(8)6-7/h6-9,11H,5,10H2,1-4H3;2-3,6H,4-5H2,1H3. The van der Waals surface area contributed by atoms with Crippen molar-refractivity contribution in [2.24, 2.45) is 4.99 Å². The zero-order chi connectivity index (χ0) is 20.8. The Morgan fingerprint density at radius 3 is 2.45 bits per heavy atom. The fourth-order valence-corrected chi connectivity index (χ4v) is 3.90. The average Bonchev–Trinajstić information content (AvgIpc) is 3.19. The minimum absolute atomic E-state index is 0.906. The Labute approximate surface area is 179 Å². The summed E-state index contributed by atoms with van der Waals surface area (Å²) >= 11 is 1.71.